The third-order valence-corrected chi connectivity index (χ3v) is 5.66. The highest BCUT2D eigenvalue weighted by molar-refractivity contribution is 5.59. The number of nitrogens with zero attached hydrogens (tertiary/aromatic N) is 2. The van der Waals surface area contributed by atoms with Crippen LogP contribution in [0.1, 0.15) is 36.6 Å². The summed E-state index contributed by atoms with van der Waals surface area (Å²) in [5.41, 5.74) is 8.59. The van der Waals surface area contributed by atoms with Crippen molar-refractivity contribution in [1.82, 2.24) is 10.1 Å². The Morgan fingerprint density at radius 2 is 2.09 bits per heavy atom. The Kier molecular flexibility index (Phi) is 2.62. The number of fused-ring (bicyclic) bond motifs is 3. The van der Waals surface area contributed by atoms with Crippen LogP contribution in [-0.2, 0) is 6.42 Å². The molecule has 0 spiro atoms. The molecular weight excluding hydrogens is 278 g/mol. The zero-order chi connectivity index (χ0) is 14.7. The normalized spacial score (nSPS) is 32.2. The molecule has 1 aromatic heterocycles. The molecular formula is C17H19N3O2. The number of nitrogens with two attached hydrogens (primary N) is 1. The molecule has 2 saturated carbocycles. The number of hydrogen-bond acceptors (Lipinski definition) is 5. The van der Waals surface area contributed by atoms with E-state index in [1.165, 1.54) is 24.8 Å². The summed E-state index contributed by atoms with van der Waals surface area (Å²) in [6.45, 7) is 0.760. The van der Waals surface area contributed by atoms with Crippen molar-refractivity contribution in [2.24, 2.45) is 17.6 Å². The van der Waals surface area contributed by atoms with Crippen molar-refractivity contribution in [2.75, 3.05) is 6.61 Å². The van der Waals surface area contributed by atoms with E-state index in [2.05, 4.69) is 16.2 Å². The summed E-state index contributed by atoms with van der Waals surface area (Å²) in [5, 5.41) is 4.19. The van der Waals surface area contributed by atoms with E-state index >= 15 is 0 Å². The van der Waals surface area contributed by atoms with Gasteiger partial charge in [-0.3, -0.25) is 0 Å². The van der Waals surface area contributed by atoms with Gasteiger partial charge in [-0.2, -0.15) is 4.98 Å². The summed E-state index contributed by atoms with van der Waals surface area (Å²) in [6, 6.07) is 6.29. The lowest BCUT2D eigenvalue weighted by Crippen LogP contribution is -2.34. The van der Waals surface area contributed by atoms with Gasteiger partial charge in [0.2, 0.25) is 11.7 Å². The maximum Gasteiger partial charge on any atom is 0.231 e. The smallest absolute Gasteiger partial charge is 0.231 e. The van der Waals surface area contributed by atoms with Crippen molar-refractivity contribution in [3.05, 3.63) is 29.7 Å². The molecule has 1 aliphatic heterocycles. The van der Waals surface area contributed by atoms with E-state index in [1.807, 2.05) is 12.1 Å². The quantitative estimate of drug-likeness (QED) is 0.922. The van der Waals surface area contributed by atoms with Crippen LogP contribution in [0.25, 0.3) is 11.4 Å². The van der Waals surface area contributed by atoms with Gasteiger partial charge < -0.3 is 15.0 Å². The first-order valence-electron chi connectivity index (χ1n) is 8.15. The molecule has 2 aromatic rings. The predicted octanol–water partition coefficient (Wildman–Crippen LogP) is 2.51. The lowest BCUT2D eigenvalue weighted by atomic mass is 9.85. The van der Waals surface area contributed by atoms with Crippen LogP contribution in [0.5, 0.6) is 5.75 Å². The van der Waals surface area contributed by atoms with Crippen molar-refractivity contribution in [2.45, 2.75) is 37.6 Å². The standard InChI is InChI=1S/C17H19N3O2/c18-15-11-2-1-10(8-11)14(15)17-19-16(20-22-17)12-3-4-13-9(7-12)5-6-21-13/h3-4,7,10-11,14-15H,1-2,5-6,8,18H2. The van der Waals surface area contributed by atoms with Gasteiger partial charge >= 0.3 is 0 Å². The van der Waals surface area contributed by atoms with E-state index < -0.39 is 0 Å². The minimum absolute atomic E-state index is 0.181. The highest BCUT2D eigenvalue weighted by atomic mass is 16.5. The molecule has 2 N–H and O–H groups in total. The molecule has 2 aliphatic carbocycles. The summed E-state index contributed by atoms with van der Waals surface area (Å²) in [6.07, 6.45) is 4.68. The van der Waals surface area contributed by atoms with Gasteiger partial charge in [-0.05, 0) is 54.9 Å². The summed E-state index contributed by atoms with van der Waals surface area (Å²) in [4.78, 5) is 4.66. The van der Waals surface area contributed by atoms with Crippen LogP contribution in [0.4, 0.5) is 0 Å². The van der Waals surface area contributed by atoms with E-state index in [9.17, 15) is 0 Å². The van der Waals surface area contributed by atoms with Gasteiger partial charge in [-0.25, -0.2) is 0 Å². The van der Waals surface area contributed by atoms with Crippen LogP contribution < -0.4 is 10.5 Å². The second-order valence-corrected chi connectivity index (χ2v) is 6.81. The van der Waals surface area contributed by atoms with E-state index in [4.69, 9.17) is 15.0 Å². The third-order valence-electron chi connectivity index (χ3n) is 5.66. The number of hydrogen-bond donors (Lipinski definition) is 1. The van der Waals surface area contributed by atoms with Gasteiger partial charge in [0, 0.05) is 18.0 Å². The average molecular weight is 297 g/mol. The average Bonchev–Trinajstić information content (AvgIpc) is 3.29. The van der Waals surface area contributed by atoms with Crippen LogP contribution >= 0.6 is 0 Å². The van der Waals surface area contributed by atoms with Gasteiger partial charge in [0.1, 0.15) is 5.75 Å². The Morgan fingerprint density at radius 1 is 1.18 bits per heavy atom. The van der Waals surface area contributed by atoms with Gasteiger partial charge in [-0.15, -0.1) is 0 Å². The molecule has 0 saturated heterocycles. The molecule has 4 atom stereocenters. The zero-order valence-electron chi connectivity index (χ0n) is 12.4. The molecule has 0 amide bonds. The molecule has 2 bridgehead atoms. The first-order chi connectivity index (χ1) is 10.8. The molecule has 5 heteroatoms. The highest BCUT2D eigenvalue weighted by Crippen LogP contribution is 2.51. The lowest BCUT2D eigenvalue weighted by Gasteiger charge is -2.24. The van der Waals surface area contributed by atoms with E-state index in [1.54, 1.807) is 0 Å². The van der Waals surface area contributed by atoms with Crippen molar-refractivity contribution >= 4 is 0 Å². The minimum Gasteiger partial charge on any atom is -0.493 e. The van der Waals surface area contributed by atoms with E-state index in [0.29, 0.717) is 17.7 Å². The maximum absolute atomic E-state index is 6.37. The summed E-state index contributed by atoms with van der Waals surface area (Å²) >= 11 is 0. The Hall–Kier alpha value is -1.88. The monoisotopic (exact) mass is 297 g/mol. The van der Waals surface area contributed by atoms with Crippen molar-refractivity contribution < 1.29 is 9.26 Å². The van der Waals surface area contributed by atoms with Crippen LogP contribution in [0.2, 0.25) is 0 Å². The Labute approximate surface area is 128 Å². The SMILES string of the molecule is NC1C2CCC(C2)C1c1nc(-c2ccc3c(c2)CCO3)no1. The van der Waals surface area contributed by atoms with Crippen molar-refractivity contribution in [3.8, 4) is 17.1 Å². The third kappa shape index (κ3) is 1.75. The van der Waals surface area contributed by atoms with Gasteiger partial charge in [0.25, 0.3) is 0 Å². The molecule has 2 fully saturated rings. The second kappa shape index (κ2) is 4.56. The zero-order valence-corrected chi connectivity index (χ0v) is 12.4. The van der Waals surface area contributed by atoms with Crippen LogP contribution in [-0.4, -0.2) is 22.8 Å². The van der Waals surface area contributed by atoms with Crippen molar-refractivity contribution in [3.63, 3.8) is 0 Å². The number of aromatic nitrogens is 2. The van der Waals surface area contributed by atoms with Crippen LogP contribution in [0.15, 0.2) is 22.7 Å². The Balaban J connectivity index is 1.47. The summed E-state index contributed by atoms with van der Waals surface area (Å²) in [5.74, 6) is 3.88. The fourth-order valence-corrected chi connectivity index (χ4v) is 4.52. The van der Waals surface area contributed by atoms with Crippen LogP contribution in [0.3, 0.4) is 0 Å². The van der Waals surface area contributed by atoms with Gasteiger partial charge in [0.05, 0.1) is 12.5 Å². The first-order valence-corrected chi connectivity index (χ1v) is 8.15. The predicted molar refractivity (Wildman–Crippen MR) is 80.5 cm³/mol. The molecule has 1 aromatic carbocycles. The van der Waals surface area contributed by atoms with Crippen molar-refractivity contribution in [1.29, 1.82) is 0 Å². The number of ether oxygens (including phenoxy) is 1. The molecule has 4 unspecified atom stereocenters. The molecule has 114 valence electrons. The summed E-state index contributed by atoms with van der Waals surface area (Å²) in [7, 11) is 0. The minimum atomic E-state index is 0.181. The Bertz CT molecular complexity index is 724. The van der Waals surface area contributed by atoms with E-state index in [-0.39, 0.29) is 12.0 Å². The molecule has 2 heterocycles. The molecule has 3 aliphatic rings. The topological polar surface area (TPSA) is 74.2 Å². The maximum atomic E-state index is 6.37. The Morgan fingerprint density at radius 3 is 2.95 bits per heavy atom. The number of benzene rings is 1. The fourth-order valence-electron chi connectivity index (χ4n) is 4.52. The highest BCUT2D eigenvalue weighted by Gasteiger charge is 2.48. The van der Waals surface area contributed by atoms with E-state index in [0.717, 1.165) is 30.2 Å². The van der Waals surface area contributed by atoms with Gasteiger partial charge in [-0.1, -0.05) is 5.16 Å². The fraction of sp³-hybridized carbons (Fsp3) is 0.529. The van der Waals surface area contributed by atoms with Gasteiger partial charge in [0.15, 0.2) is 0 Å². The molecule has 5 nitrogen and oxygen atoms in total. The molecule has 5 rings (SSSR count). The number of rotatable bonds is 2. The largest absolute Gasteiger partial charge is 0.493 e. The second-order valence-electron chi connectivity index (χ2n) is 6.81. The molecule has 0 radical (unpaired) electrons. The van der Waals surface area contributed by atoms with Crippen LogP contribution in [0, 0.1) is 11.8 Å². The summed E-state index contributed by atoms with van der Waals surface area (Å²) < 4.78 is 11.1. The lowest BCUT2D eigenvalue weighted by molar-refractivity contribution is 0.279. The molecule has 22 heavy (non-hydrogen) atoms. The first kappa shape index (κ1) is 12.6.